The van der Waals surface area contributed by atoms with E-state index in [1.165, 1.54) is 0 Å². The molecule has 1 unspecified atom stereocenters. The van der Waals surface area contributed by atoms with Gasteiger partial charge in [0.1, 0.15) is 0 Å². The number of para-hydroxylation sites is 7. The van der Waals surface area contributed by atoms with Crippen molar-refractivity contribution >= 4 is 66.7 Å². The lowest BCUT2D eigenvalue weighted by Gasteiger charge is -2.36. The lowest BCUT2D eigenvalue weighted by atomic mass is 9.66. The number of fused-ring (bicyclic) bond motifs is 7. The van der Waals surface area contributed by atoms with Gasteiger partial charge in [0.25, 0.3) is 0 Å². The zero-order valence-electron chi connectivity index (χ0n) is 47.1. The fraction of sp³-hybridized carbons (Fsp3) is 0.0141. The molecule has 0 saturated carbocycles. The molecule has 13 aromatic rings. The van der Waals surface area contributed by atoms with Crippen molar-refractivity contribution in [3.05, 3.63) is 319 Å². The minimum absolute atomic E-state index is 0.0243. The standard InChI is InChI=1S/C71H49N3/c1-6-24-51(25-7-1)59-37-18-20-42-68(59)73(54-32-12-4-13-33-54)57-45-47-66-63(49-57)62-48-56(72(52-28-8-2-9-29-52)53-30-10-3-11-31-53)44-46-65(62)71(66,64-40-22-27-50-26-16-17-36-58(50)64)67-41-23-39-61-60-38-19-21-43-69(60)74(70(61)67)55-34-14-5-15-35-55/h1-49H/i16D,17D,22D,26D,27D,36D,40D. The first-order valence-electron chi connectivity index (χ1n) is 28.4. The van der Waals surface area contributed by atoms with Gasteiger partial charge in [0.05, 0.1) is 31.7 Å². The van der Waals surface area contributed by atoms with Crippen LogP contribution in [0.15, 0.2) is 297 Å². The summed E-state index contributed by atoms with van der Waals surface area (Å²) in [4.78, 5) is 4.50. The second-order valence-electron chi connectivity index (χ2n) is 18.7. The molecule has 3 heteroatoms. The molecule has 74 heavy (non-hydrogen) atoms. The molecule has 348 valence electrons. The van der Waals surface area contributed by atoms with Gasteiger partial charge in [0.2, 0.25) is 0 Å². The van der Waals surface area contributed by atoms with Crippen LogP contribution >= 0.6 is 0 Å². The van der Waals surface area contributed by atoms with Gasteiger partial charge in [-0.15, -0.1) is 0 Å². The van der Waals surface area contributed by atoms with Crippen LogP contribution in [0.3, 0.4) is 0 Å². The molecule has 14 rings (SSSR count). The Morgan fingerprint density at radius 2 is 0.865 bits per heavy atom. The molecule has 1 aliphatic rings. The number of hydrogen-bond donors (Lipinski definition) is 0. The van der Waals surface area contributed by atoms with Crippen LogP contribution < -0.4 is 9.80 Å². The zero-order valence-corrected chi connectivity index (χ0v) is 40.1. The van der Waals surface area contributed by atoms with E-state index in [-0.39, 0.29) is 28.4 Å². The van der Waals surface area contributed by atoms with Gasteiger partial charge in [-0.05, 0) is 135 Å². The van der Waals surface area contributed by atoms with Crippen molar-refractivity contribution in [1.82, 2.24) is 4.57 Å². The van der Waals surface area contributed by atoms with Gasteiger partial charge in [0.15, 0.2) is 0 Å². The number of rotatable bonds is 10. The van der Waals surface area contributed by atoms with Crippen molar-refractivity contribution in [2.24, 2.45) is 0 Å². The first kappa shape index (κ1) is 36.3. The van der Waals surface area contributed by atoms with Gasteiger partial charge in [-0.1, -0.05) is 212 Å². The highest BCUT2D eigenvalue weighted by Gasteiger charge is 2.49. The molecule has 0 spiro atoms. The summed E-state index contributed by atoms with van der Waals surface area (Å²) < 4.78 is 69.7. The van der Waals surface area contributed by atoms with E-state index in [0.29, 0.717) is 0 Å². The van der Waals surface area contributed by atoms with Gasteiger partial charge in [0, 0.05) is 50.5 Å². The van der Waals surface area contributed by atoms with Crippen molar-refractivity contribution in [1.29, 1.82) is 0 Å². The van der Waals surface area contributed by atoms with Crippen LogP contribution in [-0.2, 0) is 5.41 Å². The molecule has 12 aromatic carbocycles. The summed E-state index contributed by atoms with van der Waals surface area (Å²) in [5, 5.41) is 1.84. The zero-order chi connectivity index (χ0) is 55.1. The lowest BCUT2D eigenvalue weighted by Crippen LogP contribution is -2.30. The van der Waals surface area contributed by atoms with E-state index in [9.17, 15) is 8.22 Å². The summed E-state index contributed by atoms with van der Waals surface area (Å²) in [6.07, 6.45) is 0. The van der Waals surface area contributed by atoms with Gasteiger partial charge in [-0.2, -0.15) is 0 Å². The van der Waals surface area contributed by atoms with Crippen LogP contribution in [0.1, 0.15) is 31.8 Å². The van der Waals surface area contributed by atoms with E-state index in [1.54, 1.807) is 0 Å². The van der Waals surface area contributed by atoms with Gasteiger partial charge >= 0.3 is 0 Å². The molecule has 1 aromatic heterocycles. The maximum atomic E-state index is 10.5. The predicted molar refractivity (Wildman–Crippen MR) is 310 cm³/mol. The molecule has 0 fully saturated rings. The van der Waals surface area contributed by atoms with Crippen molar-refractivity contribution in [3.63, 3.8) is 0 Å². The first-order chi connectivity index (χ1) is 39.7. The highest BCUT2D eigenvalue weighted by molar-refractivity contribution is 6.12. The van der Waals surface area contributed by atoms with Crippen molar-refractivity contribution < 1.29 is 9.60 Å². The Morgan fingerprint density at radius 1 is 0.338 bits per heavy atom. The second kappa shape index (κ2) is 17.9. The van der Waals surface area contributed by atoms with E-state index in [1.807, 2.05) is 97.1 Å². The van der Waals surface area contributed by atoms with Crippen molar-refractivity contribution in [3.8, 4) is 27.9 Å². The molecule has 1 atom stereocenters. The largest absolute Gasteiger partial charge is 0.310 e. The Kier molecular flexibility index (Phi) is 8.75. The Bertz CT molecular complexity index is 4560. The van der Waals surface area contributed by atoms with Crippen molar-refractivity contribution in [2.75, 3.05) is 9.80 Å². The quantitative estimate of drug-likeness (QED) is 0.135. The lowest BCUT2D eigenvalue weighted by molar-refractivity contribution is 0.780. The highest BCUT2D eigenvalue weighted by Crippen LogP contribution is 2.61. The monoisotopic (exact) mass is 950 g/mol. The average molecular weight is 951 g/mol. The first-order valence-corrected chi connectivity index (χ1v) is 24.9. The fourth-order valence-electron chi connectivity index (χ4n) is 11.7. The Labute approximate surface area is 441 Å². The average Bonchev–Trinajstić information content (AvgIpc) is 2.55. The summed E-state index contributed by atoms with van der Waals surface area (Å²) in [6, 6.07) is 84.2. The third kappa shape index (κ3) is 6.82. The number of anilines is 6. The normalized spacial score (nSPS) is 15.1. The minimum atomic E-state index is -1.59. The van der Waals surface area contributed by atoms with Crippen LogP contribution in [0.5, 0.6) is 0 Å². The van der Waals surface area contributed by atoms with Gasteiger partial charge in [-0.25, -0.2) is 0 Å². The molecule has 1 aliphatic carbocycles. The molecule has 0 aliphatic heterocycles. The minimum Gasteiger partial charge on any atom is -0.310 e. The maximum Gasteiger partial charge on any atom is 0.0740 e. The molecule has 1 heterocycles. The van der Waals surface area contributed by atoms with E-state index in [4.69, 9.17) is 1.37 Å². The molecule has 0 saturated heterocycles. The fourth-order valence-corrected chi connectivity index (χ4v) is 11.7. The SMILES string of the molecule is [2H]c1c([2H])c([2H])c2c(C3(c4cccc5c6ccccc6n(-c6ccccc6)c45)c4ccc(N(c5ccccc5)c5ccccc5)cc4-c4cc(N(c5ccccc5)c5ccccc5-c5ccccc5)ccc43)c([2H])c([2H])c([2H])c2c1[2H]. The van der Waals surface area contributed by atoms with E-state index < -0.39 is 35.6 Å². The smallest absolute Gasteiger partial charge is 0.0740 e. The number of hydrogen-bond acceptors (Lipinski definition) is 2. The van der Waals surface area contributed by atoms with Crippen molar-refractivity contribution in [2.45, 2.75) is 5.41 Å². The molecule has 0 radical (unpaired) electrons. The number of aromatic nitrogens is 1. The molecule has 0 bridgehead atoms. The van der Waals surface area contributed by atoms with Crippen LogP contribution in [0.25, 0.3) is 60.5 Å². The third-order valence-electron chi connectivity index (χ3n) is 14.7. The summed E-state index contributed by atoms with van der Waals surface area (Å²) in [5.41, 5.74) is 12.6. The van der Waals surface area contributed by atoms with E-state index in [0.717, 1.165) is 101 Å². The Hall–Kier alpha value is -9.70. The summed E-state index contributed by atoms with van der Waals surface area (Å²) >= 11 is 0. The molecule has 0 N–H and O–H groups in total. The molecule has 3 nitrogen and oxygen atoms in total. The summed E-state index contributed by atoms with van der Waals surface area (Å²) in [5.74, 6) is 0. The van der Waals surface area contributed by atoms with Crippen LogP contribution in [0.4, 0.5) is 34.1 Å². The predicted octanol–water partition coefficient (Wildman–Crippen LogP) is 18.9. The molecule has 0 amide bonds. The summed E-state index contributed by atoms with van der Waals surface area (Å²) in [6.45, 7) is 0. The topological polar surface area (TPSA) is 11.4 Å². The number of benzene rings is 12. The second-order valence-corrected chi connectivity index (χ2v) is 18.7. The maximum absolute atomic E-state index is 10.5. The summed E-state index contributed by atoms with van der Waals surface area (Å²) in [7, 11) is 0. The van der Waals surface area contributed by atoms with Crippen LogP contribution in [0, 0.1) is 0 Å². The van der Waals surface area contributed by atoms with Crippen LogP contribution in [0.2, 0.25) is 0 Å². The Balaban J connectivity index is 1.19. The molecular weight excluding hydrogens is 895 g/mol. The van der Waals surface area contributed by atoms with E-state index >= 15 is 0 Å². The Morgan fingerprint density at radius 3 is 1.54 bits per heavy atom. The third-order valence-corrected chi connectivity index (χ3v) is 14.7. The van der Waals surface area contributed by atoms with Gasteiger partial charge in [-0.3, -0.25) is 0 Å². The number of nitrogens with zero attached hydrogens (tertiary/aromatic N) is 3. The van der Waals surface area contributed by atoms with E-state index in [2.05, 4.69) is 172 Å². The molecular formula is C71H49N3. The van der Waals surface area contributed by atoms with Crippen LogP contribution in [-0.4, -0.2) is 4.57 Å². The highest BCUT2D eigenvalue weighted by atomic mass is 15.1. The van der Waals surface area contributed by atoms with Gasteiger partial charge < -0.3 is 14.4 Å².